The third-order valence-corrected chi connectivity index (χ3v) is 21.6. The first-order valence-corrected chi connectivity index (χ1v) is 49.8. The molecule has 0 bridgehead atoms. The molecule has 5 unspecified atom stereocenters. The molecule has 4 N–H and O–H groups in total. The number of rotatable bonds is 88. The third-order valence-electron chi connectivity index (χ3n) is 19.7. The van der Waals surface area contributed by atoms with Crippen LogP contribution in [0.3, 0.4) is 0 Å². The van der Waals surface area contributed by atoms with E-state index in [1.165, 1.54) is 180 Å². The van der Waals surface area contributed by atoms with Crippen molar-refractivity contribution in [2.24, 2.45) is 0 Å². The van der Waals surface area contributed by atoms with E-state index in [9.17, 15) is 43.5 Å². The van der Waals surface area contributed by atoms with Crippen molar-refractivity contribution in [3.8, 4) is 0 Å². The zero-order valence-electron chi connectivity index (χ0n) is 74.1. The highest BCUT2D eigenvalue weighted by atomic mass is 31.2. The Bertz CT molecular complexity index is 2760. The average Bonchev–Trinajstić information content (AvgIpc) is 0.886. The number of carbonyl (C=O) groups is 3. The Morgan fingerprint density at radius 3 is 0.675 bits per heavy atom. The Hall–Kier alpha value is -4.83. The molecule has 5 atom stereocenters. The van der Waals surface area contributed by atoms with Crippen LogP contribution in [0.4, 0.5) is 0 Å². The van der Waals surface area contributed by atoms with Crippen molar-refractivity contribution >= 4 is 33.6 Å². The molecule has 0 aliphatic heterocycles. The molecule has 0 heterocycles. The fraction of sp³-hybridized carbons (Fsp3) is 0.707. The summed E-state index contributed by atoms with van der Waals surface area (Å²) in [6, 6.07) is 0. The van der Waals surface area contributed by atoms with E-state index >= 15 is 0 Å². The molecule has 0 rings (SSSR count). The molecule has 0 aliphatic carbocycles. The van der Waals surface area contributed by atoms with Crippen LogP contribution < -0.4 is 0 Å². The number of phosphoric acid groups is 2. The van der Waals surface area contributed by atoms with Gasteiger partial charge in [-0.05, 0) is 141 Å². The summed E-state index contributed by atoms with van der Waals surface area (Å²) in [7, 11) is -9.81. The molecule has 672 valence electrons. The van der Waals surface area contributed by atoms with Crippen LogP contribution in [0.5, 0.6) is 0 Å². The van der Waals surface area contributed by atoms with Crippen molar-refractivity contribution in [2.45, 2.75) is 411 Å². The molecule has 0 saturated carbocycles. The maximum Gasteiger partial charge on any atom is 0.472 e. The van der Waals surface area contributed by atoms with Crippen LogP contribution in [-0.4, -0.2) is 95.9 Å². The summed E-state index contributed by atoms with van der Waals surface area (Å²) in [4.78, 5) is 58.9. The van der Waals surface area contributed by atoms with Crippen LogP contribution >= 0.6 is 15.6 Å². The Morgan fingerprint density at radius 2 is 0.427 bits per heavy atom. The van der Waals surface area contributed by atoms with Crippen LogP contribution in [0.2, 0.25) is 0 Å². The molecule has 0 radical (unpaired) electrons. The van der Waals surface area contributed by atoms with Gasteiger partial charge in [0.15, 0.2) is 6.10 Å². The lowest BCUT2D eigenvalue weighted by atomic mass is 10.0. The van der Waals surface area contributed by atoms with Gasteiger partial charge in [0.2, 0.25) is 0 Å². The molecule has 117 heavy (non-hydrogen) atoms. The first kappa shape index (κ1) is 112. The number of hydrogen-bond donors (Lipinski definition) is 4. The van der Waals surface area contributed by atoms with Crippen molar-refractivity contribution in [1.82, 2.24) is 0 Å². The van der Waals surface area contributed by atoms with Crippen molar-refractivity contribution < 1.29 is 75.8 Å². The number of unbranched alkanes of at least 4 members (excludes halogenated alkanes) is 39. The van der Waals surface area contributed by atoms with E-state index in [0.29, 0.717) is 19.3 Å². The summed E-state index contributed by atoms with van der Waals surface area (Å²) in [6.45, 7) is 2.37. The zero-order valence-corrected chi connectivity index (χ0v) is 75.9. The van der Waals surface area contributed by atoms with E-state index < -0.39 is 91.5 Å². The van der Waals surface area contributed by atoms with Crippen LogP contribution in [0.25, 0.3) is 0 Å². The van der Waals surface area contributed by atoms with Crippen LogP contribution in [0.15, 0.2) is 158 Å². The Kier molecular flexibility index (Phi) is 86.7. The van der Waals surface area contributed by atoms with Gasteiger partial charge >= 0.3 is 33.6 Å². The molecule has 0 aromatic heterocycles. The summed E-state index contributed by atoms with van der Waals surface area (Å²) in [5.74, 6) is -1.58. The van der Waals surface area contributed by atoms with Gasteiger partial charge in [-0.3, -0.25) is 32.5 Å². The fourth-order valence-electron chi connectivity index (χ4n) is 12.8. The van der Waals surface area contributed by atoms with Gasteiger partial charge in [-0.1, -0.05) is 391 Å². The van der Waals surface area contributed by atoms with Gasteiger partial charge in [-0.25, -0.2) is 9.13 Å². The Morgan fingerprint density at radius 1 is 0.239 bits per heavy atom. The van der Waals surface area contributed by atoms with Crippen molar-refractivity contribution in [3.05, 3.63) is 158 Å². The topological polar surface area (TPSA) is 231 Å². The quantitative estimate of drug-likeness (QED) is 0.0146. The van der Waals surface area contributed by atoms with Gasteiger partial charge in [0.1, 0.15) is 25.4 Å². The highest BCUT2D eigenvalue weighted by Gasteiger charge is 2.29. The molecule has 16 nitrogen and oxygen atoms in total. The number of aliphatic hydroxyl groups excluding tert-OH is 2. The van der Waals surface area contributed by atoms with Crippen molar-refractivity contribution in [3.63, 3.8) is 0 Å². The SMILES string of the molecule is CC/C=C\C/C=C\C/C=C\C/C=C\C/C=C\CCCCCCCCCCCCCCCCCCCCCC(=O)OCC(O)COP(=O)(O)OCC(O)COP(=O)(O)OCC(COC(=O)CCCCCCCCCCCCCCCCC/C=C\C/C=C\C/C=C\C/C=C\C/C=C\CC)OC(=O)CCCCCCC/C=C\C/C=C\C/C=C\CC. The lowest BCUT2D eigenvalue weighted by molar-refractivity contribution is -0.161. The minimum Gasteiger partial charge on any atom is -0.463 e. The standard InChI is InChI=1S/C99H170O16P2/c1-4-7-10-13-16-19-22-25-28-30-32-34-36-38-40-42-44-45-46-47-49-51-52-54-56-58-60-62-65-67-70-73-76-79-82-85-97(102)109-88-94(100)89-111-116(105,106)112-90-95(101)91-113-117(107,108)114-93-96(115-99(104)87-84-81-78-75-72-69-64-27-24-21-18-15-12-9-6-3)92-110-98(103)86-83-80-77-74-71-68-66-63-61-59-57-55-53-50-48-43-41-39-37-35-33-31-29-26-23-20-17-14-11-8-5-2/h7-12,16-21,25-29,32-35,38-41,64,94-96,100-101H,4-6,13-15,22-24,30-31,36-37,42-63,65-93H2,1-3H3,(H,105,106)(H,107,108)/b10-7-,11-8-,12-9-,19-16-,20-17-,21-18-,28-25-,29-26-,34-32-,35-33-,40-38-,41-39-,64-27-. The second kappa shape index (κ2) is 90.4. The maximum atomic E-state index is 13.0. The monoisotopic (exact) mass is 1680 g/mol. The summed E-state index contributed by atoms with van der Waals surface area (Å²) < 4.78 is 61.4. The Balaban J connectivity index is 4.41. The van der Waals surface area contributed by atoms with E-state index in [1.807, 2.05) is 0 Å². The number of hydrogen-bond acceptors (Lipinski definition) is 14. The molecule has 0 aromatic carbocycles. The van der Waals surface area contributed by atoms with E-state index in [2.05, 4.69) is 179 Å². The maximum absolute atomic E-state index is 13.0. The summed E-state index contributed by atoms with van der Waals surface area (Å²) in [6.07, 6.45) is 116. The molecule has 0 aromatic rings. The van der Waals surface area contributed by atoms with Crippen LogP contribution in [-0.2, 0) is 55.8 Å². The molecule has 0 aliphatic rings. The van der Waals surface area contributed by atoms with Crippen LogP contribution in [0.1, 0.15) is 393 Å². The number of carbonyl (C=O) groups excluding carboxylic acids is 3. The van der Waals surface area contributed by atoms with Crippen molar-refractivity contribution in [1.29, 1.82) is 0 Å². The average molecular weight is 1680 g/mol. The zero-order chi connectivity index (χ0) is 85.1. The smallest absolute Gasteiger partial charge is 0.463 e. The predicted molar refractivity (Wildman–Crippen MR) is 491 cm³/mol. The van der Waals surface area contributed by atoms with Gasteiger partial charge in [0, 0.05) is 19.3 Å². The second-order valence-electron chi connectivity index (χ2n) is 31.0. The number of esters is 3. The summed E-state index contributed by atoms with van der Waals surface area (Å²) in [5, 5.41) is 20.7. The minimum absolute atomic E-state index is 0.0836. The van der Waals surface area contributed by atoms with E-state index in [1.54, 1.807) is 0 Å². The highest BCUT2D eigenvalue weighted by molar-refractivity contribution is 7.47. The number of aliphatic hydroxyl groups is 2. The lowest BCUT2D eigenvalue weighted by Gasteiger charge is -2.21. The molecule has 0 spiro atoms. The predicted octanol–water partition coefficient (Wildman–Crippen LogP) is 28.9. The number of allylic oxidation sites excluding steroid dienone is 26. The Labute approximate surface area is 714 Å². The highest BCUT2D eigenvalue weighted by Crippen LogP contribution is 2.45. The molecule has 0 saturated heterocycles. The first-order valence-electron chi connectivity index (χ1n) is 46.8. The van der Waals surface area contributed by atoms with E-state index in [4.69, 9.17) is 32.3 Å². The van der Waals surface area contributed by atoms with Gasteiger partial charge in [0.25, 0.3) is 0 Å². The number of ether oxygens (including phenoxy) is 3. The molecule has 0 fully saturated rings. The largest absolute Gasteiger partial charge is 0.472 e. The van der Waals surface area contributed by atoms with E-state index in [0.717, 1.165) is 154 Å². The minimum atomic E-state index is -4.94. The number of phosphoric ester groups is 2. The summed E-state index contributed by atoms with van der Waals surface area (Å²) >= 11 is 0. The summed E-state index contributed by atoms with van der Waals surface area (Å²) in [5.41, 5.74) is 0. The van der Waals surface area contributed by atoms with Gasteiger partial charge < -0.3 is 34.2 Å². The molecule has 18 heteroatoms. The lowest BCUT2D eigenvalue weighted by Crippen LogP contribution is -2.30. The fourth-order valence-corrected chi connectivity index (χ4v) is 14.3. The van der Waals surface area contributed by atoms with Gasteiger partial charge in [-0.2, -0.15) is 0 Å². The third kappa shape index (κ3) is 91.7. The normalized spacial score (nSPS) is 14.5. The molecular formula is C99H170O16P2. The molecule has 0 amide bonds. The van der Waals surface area contributed by atoms with Gasteiger partial charge in [-0.15, -0.1) is 0 Å². The van der Waals surface area contributed by atoms with E-state index in [-0.39, 0.29) is 19.3 Å². The first-order chi connectivity index (χ1) is 57.2. The molecular weight excluding hydrogens is 1510 g/mol. The van der Waals surface area contributed by atoms with Crippen molar-refractivity contribution in [2.75, 3.05) is 39.6 Å². The van der Waals surface area contributed by atoms with Crippen LogP contribution in [0, 0.1) is 0 Å². The van der Waals surface area contributed by atoms with Gasteiger partial charge in [0.05, 0.1) is 26.4 Å². The second-order valence-corrected chi connectivity index (χ2v) is 33.9.